The fourth-order valence-corrected chi connectivity index (χ4v) is 3.08. The highest BCUT2D eigenvalue weighted by atomic mass is 35.5. The highest BCUT2D eigenvalue weighted by Crippen LogP contribution is 2.17. The Labute approximate surface area is 173 Å². The molecule has 3 N–H and O–H groups in total. The van der Waals surface area contributed by atoms with Gasteiger partial charge < -0.3 is 11.1 Å². The fraction of sp³-hybridized carbons (Fsp3) is 0.273. The maximum atomic E-state index is 12.9. The molecule has 0 heterocycles. The third-order valence-corrected chi connectivity index (χ3v) is 4.57. The third-order valence-electron chi connectivity index (χ3n) is 4.57. The minimum atomic E-state index is -0.216. The van der Waals surface area contributed by atoms with Crippen LogP contribution in [0.2, 0.25) is 0 Å². The van der Waals surface area contributed by atoms with Crippen LogP contribution in [0.25, 0.3) is 10.8 Å². The molecule has 2 nitrogen and oxygen atoms in total. The molecule has 3 rings (SSSR count). The minimum absolute atomic E-state index is 0. The summed E-state index contributed by atoms with van der Waals surface area (Å²) in [5.41, 5.74) is 8.51. The molecule has 0 aliphatic rings. The van der Waals surface area contributed by atoms with E-state index in [4.69, 9.17) is 5.73 Å². The molecule has 0 fully saturated rings. The molecule has 0 saturated carbocycles. The van der Waals surface area contributed by atoms with Crippen molar-refractivity contribution in [2.75, 3.05) is 13.1 Å². The van der Waals surface area contributed by atoms with E-state index < -0.39 is 0 Å². The van der Waals surface area contributed by atoms with E-state index in [1.807, 2.05) is 0 Å². The van der Waals surface area contributed by atoms with Crippen molar-refractivity contribution in [3.05, 3.63) is 83.7 Å². The molecule has 0 aliphatic carbocycles. The molecule has 3 aromatic carbocycles. The number of hydrogen-bond donors (Lipinski definition) is 2. The zero-order valence-corrected chi connectivity index (χ0v) is 16.9. The third kappa shape index (κ3) is 7.11. The van der Waals surface area contributed by atoms with E-state index in [9.17, 15) is 4.39 Å². The smallest absolute Gasteiger partial charge is 0.123 e. The van der Waals surface area contributed by atoms with Crippen molar-refractivity contribution in [3.8, 4) is 0 Å². The van der Waals surface area contributed by atoms with Crippen LogP contribution in [0.1, 0.15) is 30.0 Å². The predicted molar refractivity (Wildman–Crippen MR) is 118 cm³/mol. The summed E-state index contributed by atoms with van der Waals surface area (Å²) < 4.78 is 12.9. The van der Waals surface area contributed by atoms with Crippen LogP contribution in [-0.2, 0) is 6.42 Å². The molecule has 0 saturated heterocycles. The van der Waals surface area contributed by atoms with E-state index in [-0.39, 0.29) is 36.7 Å². The standard InChI is InChI=1S/C22H25FN2.2ClH/c23-21-11-9-19(10-12-21)22(24)6-3-14-25-15-13-17-7-8-18-4-1-2-5-20(18)16-17;;/h1-2,4-5,7-12,16,22,25H,3,6,13-15,24H2;2*1H. The number of fused-ring (bicyclic) bond motifs is 1. The fourth-order valence-electron chi connectivity index (χ4n) is 3.08. The number of benzene rings is 3. The van der Waals surface area contributed by atoms with Gasteiger partial charge in [-0.15, -0.1) is 24.8 Å². The second-order valence-electron chi connectivity index (χ2n) is 6.48. The van der Waals surface area contributed by atoms with Crippen molar-refractivity contribution in [1.29, 1.82) is 0 Å². The van der Waals surface area contributed by atoms with Gasteiger partial charge in [0.05, 0.1) is 0 Å². The summed E-state index contributed by atoms with van der Waals surface area (Å²) in [4.78, 5) is 0. The van der Waals surface area contributed by atoms with Gasteiger partial charge in [0.1, 0.15) is 5.82 Å². The van der Waals surface area contributed by atoms with Crippen molar-refractivity contribution >= 4 is 35.6 Å². The lowest BCUT2D eigenvalue weighted by Gasteiger charge is -2.12. The second-order valence-corrected chi connectivity index (χ2v) is 6.48. The average Bonchev–Trinajstić information content (AvgIpc) is 2.65. The van der Waals surface area contributed by atoms with Gasteiger partial charge in [0.2, 0.25) is 0 Å². The summed E-state index contributed by atoms with van der Waals surface area (Å²) >= 11 is 0. The number of rotatable bonds is 8. The zero-order valence-electron chi connectivity index (χ0n) is 15.2. The van der Waals surface area contributed by atoms with Gasteiger partial charge in [-0.3, -0.25) is 0 Å². The molecule has 1 atom stereocenters. The molecule has 1 unspecified atom stereocenters. The second kappa shape index (κ2) is 11.9. The van der Waals surface area contributed by atoms with Gasteiger partial charge in [0.15, 0.2) is 0 Å². The molecule has 146 valence electrons. The normalized spacial score (nSPS) is 11.5. The summed E-state index contributed by atoms with van der Waals surface area (Å²) in [5.74, 6) is -0.216. The van der Waals surface area contributed by atoms with Crippen LogP contribution in [0.4, 0.5) is 4.39 Å². The lowest BCUT2D eigenvalue weighted by Crippen LogP contribution is -2.20. The van der Waals surface area contributed by atoms with Crippen molar-refractivity contribution in [3.63, 3.8) is 0 Å². The number of nitrogens with one attached hydrogen (secondary N) is 1. The van der Waals surface area contributed by atoms with Crippen LogP contribution in [0, 0.1) is 5.82 Å². The van der Waals surface area contributed by atoms with Gasteiger partial charge in [-0.2, -0.15) is 0 Å². The Kier molecular flexibility index (Phi) is 10.3. The summed E-state index contributed by atoms with van der Waals surface area (Å²) in [7, 11) is 0. The molecule has 3 aromatic rings. The molecule has 0 aliphatic heterocycles. The summed E-state index contributed by atoms with van der Waals surface area (Å²) in [6, 6.07) is 21.6. The van der Waals surface area contributed by atoms with Gasteiger partial charge in [0, 0.05) is 6.04 Å². The first kappa shape index (κ1) is 23.4. The lowest BCUT2D eigenvalue weighted by atomic mass is 10.0. The van der Waals surface area contributed by atoms with Crippen LogP contribution in [0.5, 0.6) is 0 Å². The first-order valence-electron chi connectivity index (χ1n) is 8.92. The van der Waals surface area contributed by atoms with E-state index in [2.05, 4.69) is 47.8 Å². The maximum absolute atomic E-state index is 12.9. The van der Waals surface area contributed by atoms with Crippen LogP contribution in [-0.4, -0.2) is 13.1 Å². The summed E-state index contributed by atoms with van der Waals surface area (Å²) in [6.07, 6.45) is 2.93. The molecule has 0 radical (unpaired) electrons. The largest absolute Gasteiger partial charge is 0.324 e. The Morgan fingerprint density at radius 1 is 0.852 bits per heavy atom. The molecule has 5 heteroatoms. The monoisotopic (exact) mass is 408 g/mol. The van der Waals surface area contributed by atoms with E-state index >= 15 is 0 Å². The minimum Gasteiger partial charge on any atom is -0.324 e. The summed E-state index contributed by atoms with van der Waals surface area (Å²) in [5, 5.41) is 6.06. The van der Waals surface area contributed by atoms with Gasteiger partial charge >= 0.3 is 0 Å². The highest BCUT2D eigenvalue weighted by molar-refractivity contribution is 5.85. The Bertz CT molecular complexity index is 809. The topological polar surface area (TPSA) is 38.0 Å². The van der Waals surface area contributed by atoms with Crippen molar-refractivity contribution in [2.24, 2.45) is 5.73 Å². The Balaban J connectivity index is 0.00000182. The van der Waals surface area contributed by atoms with E-state index in [0.29, 0.717) is 0 Å². The van der Waals surface area contributed by atoms with Crippen molar-refractivity contribution in [2.45, 2.75) is 25.3 Å². The van der Waals surface area contributed by atoms with E-state index in [0.717, 1.165) is 37.9 Å². The quantitative estimate of drug-likeness (QED) is 0.487. The van der Waals surface area contributed by atoms with Gasteiger partial charge in [0.25, 0.3) is 0 Å². The molecule has 0 bridgehead atoms. The first-order valence-corrected chi connectivity index (χ1v) is 8.92. The van der Waals surface area contributed by atoms with Crippen LogP contribution in [0.3, 0.4) is 0 Å². The average molecular weight is 409 g/mol. The molecular formula is C22H27Cl2FN2. The van der Waals surface area contributed by atoms with Crippen molar-refractivity contribution in [1.82, 2.24) is 5.32 Å². The highest BCUT2D eigenvalue weighted by Gasteiger charge is 2.05. The molecule has 0 amide bonds. The van der Waals surface area contributed by atoms with E-state index in [1.165, 1.54) is 28.5 Å². The van der Waals surface area contributed by atoms with Crippen LogP contribution in [0.15, 0.2) is 66.7 Å². The van der Waals surface area contributed by atoms with Crippen molar-refractivity contribution < 1.29 is 4.39 Å². The summed E-state index contributed by atoms with van der Waals surface area (Å²) in [6.45, 7) is 1.91. The molecule has 0 aromatic heterocycles. The van der Waals surface area contributed by atoms with Crippen LogP contribution >= 0.6 is 24.8 Å². The van der Waals surface area contributed by atoms with Gasteiger partial charge in [-0.1, -0.05) is 54.6 Å². The maximum Gasteiger partial charge on any atom is 0.123 e. The number of nitrogens with two attached hydrogens (primary N) is 1. The molecule has 27 heavy (non-hydrogen) atoms. The first-order chi connectivity index (χ1) is 12.2. The van der Waals surface area contributed by atoms with Crippen LogP contribution < -0.4 is 11.1 Å². The zero-order chi connectivity index (χ0) is 17.5. The Morgan fingerprint density at radius 2 is 1.56 bits per heavy atom. The predicted octanol–water partition coefficient (Wildman–Crippen LogP) is 5.43. The Hall–Kier alpha value is -1.65. The lowest BCUT2D eigenvalue weighted by molar-refractivity contribution is 0.565. The SMILES string of the molecule is Cl.Cl.NC(CCCNCCc1ccc2ccccc2c1)c1ccc(F)cc1. The number of halogens is 3. The van der Waals surface area contributed by atoms with E-state index in [1.54, 1.807) is 12.1 Å². The molecular weight excluding hydrogens is 382 g/mol. The molecule has 0 spiro atoms. The van der Waals surface area contributed by atoms with Gasteiger partial charge in [-0.05, 0) is 66.4 Å². The number of hydrogen-bond acceptors (Lipinski definition) is 2. The Morgan fingerprint density at radius 3 is 2.30 bits per heavy atom. The van der Waals surface area contributed by atoms with Gasteiger partial charge in [-0.25, -0.2) is 4.39 Å².